The van der Waals surface area contributed by atoms with Crippen molar-refractivity contribution in [3.8, 4) is 11.3 Å². The molecule has 1 aromatic heterocycles. The molecule has 0 saturated heterocycles. The minimum atomic E-state index is -0.895. The number of rotatable bonds is 1. The number of hydrogen-bond acceptors (Lipinski definition) is 2. The Morgan fingerprint density at radius 2 is 1.93 bits per heavy atom. The maximum absolute atomic E-state index is 13.2. The summed E-state index contributed by atoms with van der Waals surface area (Å²) in [5.74, 6) is -1.78. The molecule has 0 N–H and O–H groups in total. The van der Waals surface area contributed by atoms with E-state index in [9.17, 15) is 8.78 Å². The zero-order valence-electron chi connectivity index (χ0n) is 7.11. The standard InChI is InChI=1S/C10H6F2N2/c11-8-3-1-2-7(10(8)12)9-6-13-4-5-14-9/h1-6H. The van der Waals surface area contributed by atoms with Gasteiger partial charge in [-0.15, -0.1) is 0 Å². The van der Waals surface area contributed by atoms with Crippen molar-refractivity contribution in [2.24, 2.45) is 0 Å². The van der Waals surface area contributed by atoms with Crippen LogP contribution in [0.4, 0.5) is 8.78 Å². The predicted molar refractivity (Wildman–Crippen MR) is 47.4 cm³/mol. The van der Waals surface area contributed by atoms with Gasteiger partial charge < -0.3 is 0 Å². The first-order valence-corrected chi connectivity index (χ1v) is 3.99. The van der Waals surface area contributed by atoms with Crippen LogP contribution < -0.4 is 0 Å². The van der Waals surface area contributed by atoms with Crippen molar-refractivity contribution < 1.29 is 8.78 Å². The quantitative estimate of drug-likeness (QED) is 0.693. The molecular weight excluding hydrogens is 186 g/mol. The summed E-state index contributed by atoms with van der Waals surface area (Å²) in [6, 6.07) is 3.96. The smallest absolute Gasteiger partial charge is 0.168 e. The molecule has 2 rings (SSSR count). The Morgan fingerprint density at radius 1 is 1.07 bits per heavy atom. The van der Waals surface area contributed by atoms with Crippen LogP contribution in [0, 0.1) is 11.6 Å². The fourth-order valence-electron chi connectivity index (χ4n) is 1.14. The van der Waals surface area contributed by atoms with E-state index in [0.29, 0.717) is 5.69 Å². The minimum Gasteiger partial charge on any atom is -0.261 e. The molecule has 0 aliphatic rings. The highest BCUT2D eigenvalue weighted by atomic mass is 19.2. The van der Waals surface area contributed by atoms with Crippen LogP contribution in [0.3, 0.4) is 0 Å². The molecule has 2 nitrogen and oxygen atoms in total. The van der Waals surface area contributed by atoms with Crippen molar-refractivity contribution in [2.45, 2.75) is 0 Å². The zero-order chi connectivity index (χ0) is 9.97. The predicted octanol–water partition coefficient (Wildman–Crippen LogP) is 2.42. The third-order valence-corrected chi connectivity index (χ3v) is 1.79. The second-order valence-electron chi connectivity index (χ2n) is 2.69. The van der Waals surface area contributed by atoms with E-state index in [0.717, 1.165) is 6.07 Å². The maximum Gasteiger partial charge on any atom is 0.168 e. The molecule has 14 heavy (non-hydrogen) atoms. The first kappa shape index (κ1) is 8.74. The first-order valence-electron chi connectivity index (χ1n) is 3.99. The molecular formula is C10H6F2N2. The van der Waals surface area contributed by atoms with Crippen LogP contribution in [0.2, 0.25) is 0 Å². The second kappa shape index (κ2) is 3.49. The molecule has 0 fully saturated rings. The van der Waals surface area contributed by atoms with Crippen molar-refractivity contribution in [1.29, 1.82) is 0 Å². The van der Waals surface area contributed by atoms with Gasteiger partial charge in [0.15, 0.2) is 11.6 Å². The SMILES string of the molecule is Fc1cccc(-c2cnccn2)c1F. The molecule has 0 spiro atoms. The maximum atomic E-state index is 13.2. The molecule has 1 aromatic carbocycles. The second-order valence-corrected chi connectivity index (χ2v) is 2.69. The number of benzene rings is 1. The van der Waals surface area contributed by atoms with Crippen LogP contribution in [-0.4, -0.2) is 9.97 Å². The lowest BCUT2D eigenvalue weighted by Gasteiger charge is -2.01. The monoisotopic (exact) mass is 192 g/mol. The summed E-state index contributed by atoms with van der Waals surface area (Å²) in [6.07, 6.45) is 4.29. The number of aromatic nitrogens is 2. The van der Waals surface area contributed by atoms with Gasteiger partial charge in [-0.2, -0.15) is 0 Å². The van der Waals surface area contributed by atoms with Crippen molar-refractivity contribution in [3.63, 3.8) is 0 Å². The summed E-state index contributed by atoms with van der Waals surface area (Å²) in [6.45, 7) is 0. The Labute approximate surface area is 79.3 Å². The van der Waals surface area contributed by atoms with Crippen LogP contribution in [0.25, 0.3) is 11.3 Å². The summed E-state index contributed by atoms with van der Waals surface area (Å²) < 4.78 is 26.1. The largest absolute Gasteiger partial charge is 0.261 e. The summed E-state index contributed by atoms with van der Waals surface area (Å²) >= 11 is 0. The molecule has 0 aliphatic carbocycles. The number of nitrogens with zero attached hydrogens (tertiary/aromatic N) is 2. The first-order chi connectivity index (χ1) is 6.79. The minimum absolute atomic E-state index is 0.123. The van der Waals surface area contributed by atoms with Gasteiger partial charge in [0.25, 0.3) is 0 Å². The number of hydrogen-bond donors (Lipinski definition) is 0. The third kappa shape index (κ3) is 1.46. The van der Waals surface area contributed by atoms with Gasteiger partial charge in [0, 0.05) is 18.0 Å². The van der Waals surface area contributed by atoms with Gasteiger partial charge in [-0.25, -0.2) is 8.78 Å². The van der Waals surface area contributed by atoms with Gasteiger partial charge in [-0.05, 0) is 12.1 Å². The van der Waals surface area contributed by atoms with E-state index in [-0.39, 0.29) is 5.56 Å². The van der Waals surface area contributed by atoms with Gasteiger partial charge in [-0.1, -0.05) is 6.07 Å². The molecule has 0 atom stereocenters. The lowest BCUT2D eigenvalue weighted by Crippen LogP contribution is -1.91. The average Bonchev–Trinajstić information content (AvgIpc) is 2.23. The lowest BCUT2D eigenvalue weighted by atomic mass is 10.1. The number of halogens is 2. The van der Waals surface area contributed by atoms with Gasteiger partial charge >= 0.3 is 0 Å². The fourth-order valence-corrected chi connectivity index (χ4v) is 1.14. The summed E-state index contributed by atoms with van der Waals surface area (Å²) in [7, 11) is 0. The molecule has 0 saturated carbocycles. The highest BCUT2D eigenvalue weighted by molar-refractivity contribution is 5.58. The van der Waals surface area contributed by atoms with Crippen molar-refractivity contribution in [3.05, 3.63) is 48.4 Å². The highest BCUT2D eigenvalue weighted by Crippen LogP contribution is 2.21. The van der Waals surface area contributed by atoms with E-state index in [1.165, 1.54) is 30.7 Å². The Kier molecular flexibility index (Phi) is 2.18. The third-order valence-electron chi connectivity index (χ3n) is 1.79. The van der Waals surface area contributed by atoms with Crippen molar-refractivity contribution >= 4 is 0 Å². The Balaban J connectivity index is 2.58. The van der Waals surface area contributed by atoms with Crippen LogP contribution in [0.15, 0.2) is 36.8 Å². The Bertz CT molecular complexity index is 443. The van der Waals surface area contributed by atoms with Crippen molar-refractivity contribution in [1.82, 2.24) is 9.97 Å². The van der Waals surface area contributed by atoms with E-state index in [1.54, 1.807) is 0 Å². The van der Waals surface area contributed by atoms with E-state index in [4.69, 9.17) is 0 Å². The molecule has 2 aromatic rings. The molecule has 0 unspecified atom stereocenters. The zero-order valence-corrected chi connectivity index (χ0v) is 7.11. The van der Waals surface area contributed by atoms with Gasteiger partial charge in [-0.3, -0.25) is 9.97 Å². The molecule has 0 bridgehead atoms. The van der Waals surface area contributed by atoms with Crippen LogP contribution >= 0.6 is 0 Å². The normalized spacial score (nSPS) is 10.1. The van der Waals surface area contributed by atoms with E-state index < -0.39 is 11.6 Å². The molecule has 1 heterocycles. The summed E-state index contributed by atoms with van der Waals surface area (Å²) in [5.41, 5.74) is 0.447. The Hall–Kier alpha value is -1.84. The van der Waals surface area contributed by atoms with E-state index >= 15 is 0 Å². The summed E-state index contributed by atoms with van der Waals surface area (Å²) in [5, 5.41) is 0. The average molecular weight is 192 g/mol. The molecule has 0 radical (unpaired) electrons. The lowest BCUT2D eigenvalue weighted by molar-refractivity contribution is 0.511. The highest BCUT2D eigenvalue weighted by Gasteiger charge is 2.09. The molecule has 0 aliphatic heterocycles. The Morgan fingerprint density at radius 3 is 2.64 bits per heavy atom. The molecule has 0 amide bonds. The van der Waals surface area contributed by atoms with Gasteiger partial charge in [0.1, 0.15) is 0 Å². The fraction of sp³-hybridized carbons (Fsp3) is 0. The van der Waals surface area contributed by atoms with Crippen LogP contribution in [0.5, 0.6) is 0 Å². The molecule has 70 valence electrons. The topological polar surface area (TPSA) is 25.8 Å². The van der Waals surface area contributed by atoms with E-state index in [2.05, 4.69) is 9.97 Å². The van der Waals surface area contributed by atoms with Crippen LogP contribution in [-0.2, 0) is 0 Å². The van der Waals surface area contributed by atoms with Crippen LogP contribution in [0.1, 0.15) is 0 Å². The van der Waals surface area contributed by atoms with E-state index in [1.807, 2.05) is 0 Å². The van der Waals surface area contributed by atoms with Gasteiger partial charge in [0.2, 0.25) is 0 Å². The van der Waals surface area contributed by atoms with Crippen molar-refractivity contribution in [2.75, 3.05) is 0 Å². The van der Waals surface area contributed by atoms with Gasteiger partial charge in [0.05, 0.1) is 11.9 Å². The summed E-state index contributed by atoms with van der Waals surface area (Å²) in [4.78, 5) is 7.66. The molecule has 4 heteroatoms.